The van der Waals surface area contributed by atoms with Crippen LogP contribution in [0.2, 0.25) is 0 Å². The smallest absolute Gasteiger partial charge is 0.111 e. The van der Waals surface area contributed by atoms with E-state index in [4.69, 9.17) is 25.5 Å². The van der Waals surface area contributed by atoms with Gasteiger partial charge in [-0.2, -0.15) is 0 Å². The summed E-state index contributed by atoms with van der Waals surface area (Å²) in [7, 11) is 1.32. The highest BCUT2D eigenvalue weighted by atomic mass is 16.5. The number of aliphatic hydroxyl groups excluding tert-OH is 5. The normalized spacial score (nSPS) is 20.8. The minimum atomic E-state index is -1.59. The van der Waals surface area contributed by atoms with Crippen LogP contribution >= 0.6 is 0 Å². The van der Waals surface area contributed by atoms with E-state index in [0.717, 1.165) is 0 Å². The molecule has 13 heavy (non-hydrogen) atoms. The van der Waals surface area contributed by atoms with Gasteiger partial charge in [0.25, 0.3) is 0 Å². The lowest BCUT2D eigenvalue weighted by atomic mass is 10.0. The van der Waals surface area contributed by atoms with E-state index in [1.165, 1.54) is 7.11 Å². The molecule has 0 aromatic heterocycles. The molecule has 0 saturated heterocycles. The van der Waals surface area contributed by atoms with Gasteiger partial charge in [0.05, 0.1) is 13.2 Å². The standard InChI is InChI=1S/C7H16O6/c1-13-3-5(10)7(12)6(11)4(9)2-8/h4-12H,2-3H2,1H3/t4-,5+,6+,7-/m1/s1. The summed E-state index contributed by atoms with van der Waals surface area (Å²) < 4.78 is 4.52. The molecule has 0 rings (SSSR count). The van der Waals surface area contributed by atoms with Crippen molar-refractivity contribution in [1.29, 1.82) is 0 Å². The van der Waals surface area contributed by atoms with Crippen molar-refractivity contribution in [3.05, 3.63) is 0 Å². The molecule has 0 saturated carbocycles. The van der Waals surface area contributed by atoms with Crippen LogP contribution in [0, 0.1) is 0 Å². The van der Waals surface area contributed by atoms with Gasteiger partial charge in [-0.05, 0) is 0 Å². The predicted octanol–water partition coefficient (Wildman–Crippen LogP) is -2.93. The first-order chi connectivity index (χ1) is 6.04. The second kappa shape index (κ2) is 6.25. The van der Waals surface area contributed by atoms with Gasteiger partial charge in [-0.15, -0.1) is 0 Å². The van der Waals surface area contributed by atoms with Gasteiger partial charge in [-0.3, -0.25) is 0 Å². The number of hydrogen-bond acceptors (Lipinski definition) is 6. The molecule has 0 radical (unpaired) electrons. The zero-order valence-electron chi connectivity index (χ0n) is 7.37. The zero-order chi connectivity index (χ0) is 10.4. The fraction of sp³-hybridized carbons (Fsp3) is 1.00. The summed E-state index contributed by atoms with van der Waals surface area (Å²) >= 11 is 0. The van der Waals surface area contributed by atoms with E-state index in [0.29, 0.717) is 0 Å². The Hall–Kier alpha value is -0.240. The molecular weight excluding hydrogens is 180 g/mol. The van der Waals surface area contributed by atoms with Gasteiger partial charge in [0.2, 0.25) is 0 Å². The van der Waals surface area contributed by atoms with Crippen LogP contribution in [0.25, 0.3) is 0 Å². The molecule has 0 fully saturated rings. The molecule has 0 aromatic carbocycles. The largest absolute Gasteiger partial charge is 0.394 e. The Balaban J connectivity index is 3.99. The van der Waals surface area contributed by atoms with Crippen LogP contribution < -0.4 is 0 Å². The second-order valence-corrected chi connectivity index (χ2v) is 2.75. The summed E-state index contributed by atoms with van der Waals surface area (Å²) in [5.41, 5.74) is 0. The molecule has 0 unspecified atom stereocenters. The van der Waals surface area contributed by atoms with Crippen LogP contribution in [0.4, 0.5) is 0 Å². The lowest BCUT2D eigenvalue weighted by Crippen LogP contribution is -2.47. The SMILES string of the molecule is COC[C@H](O)[C@@H](O)[C@@H](O)[C@H](O)CO. The highest BCUT2D eigenvalue weighted by Crippen LogP contribution is 2.04. The quantitative estimate of drug-likeness (QED) is 0.311. The van der Waals surface area contributed by atoms with Crippen LogP contribution in [-0.4, -0.2) is 70.3 Å². The minimum Gasteiger partial charge on any atom is -0.394 e. The Kier molecular flexibility index (Phi) is 6.13. The maximum atomic E-state index is 9.17. The van der Waals surface area contributed by atoms with Gasteiger partial charge in [0.15, 0.2) is 0 Å². The van der Waals surface area contributed by atoms with E-state index in [-0.39, 0.29) is 6.61 Å². The Morgan fingerprint density at radius 3 is 1.85 bits per heavy atom. The zero-order valence-corrected chi connectivity index (χ0v) is 7.37. The lowest BCUT2D eigenvalue weighted by molar-refractivity contribution is -0.126. The Morgan fingerprint density at radius 2 is 1.46 bits per heavy atom. The van der Waals surface area contributed by atoms with Crippen molar-refractivity contribution in [2.75, 3.05) is 20.3 Å². The van der Waals surface area contributed by atoms with Gasteiger partial charge in [-0.1, -0.05) is 0 Å². The van der Waals surface area contributed by atoms with Crippen LogP contribution in [-0.2, 0) is 4.74 Å². The summed E-state index contributed by atoms with van der Waals surface area (Å²) in [5.74, 6) is 0. The van der Waals surface area contributed by atoms with Gasteiger partial charge < -0.3 is 30.3 Å². The Bertz CT molecular complexity index is 130. The summed E-state index contributed by atoms with van der Waals surface area (Å²) in [6, 6.07) is 0. The van der Waals surface area contributed by atoms with Crippen LogP contribution in [0.1, 0.15) is 0 Å². The topological polar surface area (TPSA) is 110 Å². The number of methoxy groups -OCH3 is 1. The monoisotopic (exact) mass is 196 g/mol. The molecule has 6 nitrogen and oxygen atoms in total. The van der Waals surface area contributed by atoms with Crippen LogP contribution in [0.5, 0.6) is 0 Å². The third kappa shape index (κ3) is 3.99. The maximum Gasteiger partial charge on any atom is 0.111 e. The summed E-state index contributed by atoms with van der Waals surface area (Å²) in [5, 5.41) is 44.7. The molecule has 0 aliphatic carbocycles. The molecule has 0 spiro atoms. The van der Waals surface area contributed by atoms with Gasteiger partial charge in [-0.25, -0.2) is 0 Å². The molecule has 0 aliphatic heterocycles. The average Bonchev–Trinajstić information content (AvgIpc) is 2.14. The summed E-state index contributed by atoms with van der Waals surface area (Å²) in [6.07, 6.45) is -5.89. The van der Waals surface area contributed by atoms with E-state index in [1.54, 1.807) is 0 Å². The first-order valence-electron chi connectivity index (χ1n) is 3.86. The molecule has 0 bridgehead atoms. The Labute approximate surface area is 76.0 Å². The third-order valence-corrected chi connectivity index (χ3v) is 1.66. The van der Waals surface area contributed by atoms with Gasteiger partial charge in [0.1, 0.15) is 24.4 Å². The van der Waals surface area contributed by atoms with Gasteiger partial charge in [0, 0.05) is 7.11 Å². The average molecular weight is 196 g/mol. The van der Waals surface area contributed by atoms with Crippen LogP contribution in [0.15, 0.2) is 0 Å². The second-order valence-electron chi connectivity index (χ2n) is 2.75. The fourth-order valence-corrected chi connectivity index (χ4v) is 0.833. The molecule has 80 valence electrons. The van der Waals surface area contributed by atoms with Crippen molar-refractivity contribution in [2.45, 2.75) is 24.4 Å². The van der Waals surface area contributed by atoms with E-state index in [9.17, 15) is 0 Å². The van der Waals surface area contributed by atoms with Crippen molar-refractivity contribution >= 4 is 0 Å². The molecule has 4 atom stereocenters. The summed E-state index contributed by atoms with van der Waals surface area (Å²) in [6.45, 7) is -0.839. The summed E-state index contributed by atoms with van der Waals surface area (Å²) in [4.78, 5) is 0. The molecule has 0 heterocycles. The van der Waals surface area contributed by atoms with Crippen LogP contribution in [0.3, 0.4) is 0 Å². The fourth-order valence-electron chi connectivity index (χ4n) is 0.833. The highest BCUT2D eigenvalue weighted by Gasteiger charge is 2.29. The van der Waals surface area contributed by atoms with Crippen molar-refractivity contribution < 1.29 is 30.3 Å². The molecule has 5 N–H and O–H groups in total. The van der Waals surface area contributed by atoms with E-state index in [1.807, 2.05) is 0 Å². The molecule has 0 aliphatic rings. The first kappa shape index (κ1) is 12.8. The molecule has 0 amide bonds. The van der Waals surface area contributed by atoms with Crippen molar-refractivity contribution in [3.8, 4) is 0 Å². The van der Waals surface area contributed by atoms with E-state index >= 15 is 0 Å². The third-order valence-electron chi connectivity index (χ3n) is 1.66. The number of ether oxygens (including phenoxy) is 1. The Morgan fingerprint density at radius 1 is 1.00 bits per heavy atom. The molecular formula is C7H16O6. The van der Waals surface area contributed by atoms with E-state index < -0.39 is 31.0 Å². The van der Waals surface area contributed by atoms with Crippen molar-refractivity contribution in [1.82, 2.24) is 0 Å². The molecule has 6 heteroatoms. The van der Waals surface area contributed by atoms with Gasteiger partial charge >= 0.3 is 0 Å². The first-order valence-corrected chi connectivity index (χ1v) is 3.86. The molecule has 0 aromatic rings. The minimum absolute atomic E-state index is 0.156. The predicted molar refractivity (Wildman–Crippen MR) is 43.0 cm³/mol. The highest BCUT2D eigenvalue weighted by molar-refractivity contribution is 4.80. The maximum absolute atomic E-state index is 9.17. The lowest BCUT2D eigenvalue weighted by Gasteiger charge is -2.24. The van der Waals surface area contributed by atoms with Crippen molar-refractivity contribution in [3.63, 3.8) is 0 Å². The van der Waals surface area contributed by atoms with E-state index in [2.05, 4.69) is 4.74 Å². The number of aliphatic hydroxyl groups is 5. The van der Waals surface area contributed by atoms with Crippen molar-refractivity contribution in [2.24, 2.45) is 0 Å². The number of hydrogen-bond donors (Lipinski definition) is 5. The number of rotatable bonds is 6.